The van der Waals surface area contributed by atoms with E-state index in [4.69, 9.17) is 18.6 Å². The number of rotatable bonds is 9. The lowest BCUT2D eigenvalue weighted by Gasteiger charge is -2.17. The second-order valence-electron chi connectivity index (χ2n) is 7.71. The molecule has 1 amide bonds. The van der Waals surface area contributed by atoms with Crippen LogP contribution in [0.25, 0.3) is 22.1 Å². The van der Waals surface area contributed by atoms with E-state index in [2.05, 4.69) is 5.32 Å². The first kappa shape index (κ1) is 23.8. The summed E-state index contributed by atoms with van der Waals surface area (Å²) in [6, 6.07) is 18.6. The minimum Gasteiger partial charge on any atom is -0.493 e. The van der Waals surface area contributed by atoms with Crippen LogP contribution >= 0.6 is 0 Å². The van der Waals surface area contributed by atoms with Gasteiger partial charge < -0.3 is 29.1 Å². The molecule has 3 aromatic carbocycles. The fourth-order valence-electron chi connectivity index (χ4n) is 3.71. The molecule has 8 nitrogen and oxygen atoms in total. The molecule has 1 aromatic heterocycles. The van der Waals surface area contributed by atoms with E-state index >= 15 is 0 Å². The molecule has 0 aliphatic heterocycles. The summed E-state index contributed by atoms with van der Waals surface area (Å²) in [5.41, 5.74) is 1.92. The summed E-state index contributed by atoms with van der Waals surface area (Å²) in [6.45, 7) is -0.498. The third-order valence-electron chi connectivity index (χ3n) is 5.53. The van der Waals surface area contributed by atoms with Gasteiger partial charge in [0.05, 0.1) is 37.8 Å². The van der Waals surface area contributed by atoms with E-state index in [0.717, 1.165) is 5.56 Å². The van der Waals surface area contributed by atoms with E-state index in [9.17, 15) is 14.7 Å². The molecule has 0 fully saturated rings. The summed E-state index contributed by atoms with van der Waals surface area (Å²) in [7, 11) is 3.07. The number of benzene rings is 3. The Labute approximate surface area is 201 Å². The van der Waals surface area contributed by atoms with Crippen LogP contribution in [0.15, 0.2) is 82.2 Å². The van der Waals surface area contributed by atoms with Crippen LogP contribution in [-0.4, -0.2) is 38.4 Å². The molecule has 2 N–H and O–H groups in total. The molecule has 0 unspecified atom stereocenters. The number of hydrogen-bond donors (Lipinski definition) is 2. The average molecular weight is 475 g/mol. The number of aliphatic hydroxyl groups excluding tert-OH is 1. The summed E-state index contributed by atoms with van der Waals surface area (Å²) in [6.07, 6.45) is 1.38. The topological polar surface area (TPSA) is 107 Å². The maximum Gasteiger partial charge on any atom is 0.258 e. The average Bonchev–Trinajstić information content (AvgIpc) is 2.90. The molecule has 4 rings (SSSR count). The second-order valence-corrected chi connectivity index (χ2v) is 7.71. The van der Waals surface area contributed by atoms with Crippen LogP contribution in [0.4, 0.5) is 0 Å². The Kier molecular flexibility index (Phi) is 7.32. The van der Waals surface area contributed by atoms with Crippen LogP contribution in [0, 0.1) is 0 Å². The van der Waals surface area contributed by atoms with Crippen molar-refractivity contribution >= 4 is 16.9 Å². The maximum atomic E-state index is 13.1. The van der Waals surface area contributed by atoms with Crippen molar-refractivity contribution in [2.45, 2.75) is 6.04 Å². The maximum absolute atomic E-state index is 13.1. The van der Waals surface area contributed by atoms with E-state index in [1.54, 1.807) is 43.5 Å². The third-order valence-corrected chi connectivity index (χ3v) is 5.53. The van der Waals surface area contributed by atoms with Crippen LogP contribution < -0.4 is 25.0 Å². The van der Waals surface area contributed by atoms with E-state index in [0.29, 0.717) is 39.3 Å². The van der Waals surface area contributed by atoms with Gasteiger partial charge in [-0.3, -0.25) is 9.59 Å². The van der Waals surface area contributed by atoms with Gasteiger partial charge in [0.2, 0.25) is 0 Å². The number of amides is 1. The van der Waals surface area contributed by atoms with Crippen LogP contribution in [-0.2, 0) is 4.79 Å². The molecule has 0 saturated carbocycles. The zero-order valence-corrected chi connectivity index (χ0v) is 19.3. The smallest absolute Gasteiger partial charge is 0.258 e. The number of ether oxygens (including phenoxy) is 3. The largest absolute Gasteiger partial charge is 0.493 e. The van der Waals surface area contributed by atoms with Crippen LogP contribution in [0.3, 0.4) is 0 Å². The van der Waals surface area contributed by atoms with E-state index in [-0.39, 0.29) is 18.6 Å². The lowest BCUT2D eigenvalue weighted by atomic mass is 10.0. The molecule has 0 spiro atoms. The molecular weight excluding hydrogens is 450 g/mol. The summed E-state index contributed by atoms with van der Waals surface area (Å²) in [4.78, 5) is 25.4. The molecule has 35 heavy (non-hydrogen) atoms. The first-order valence-electron chi connectivity index (χ1n) is 10.9. The van der Waals surface area contributed by atoms with Crippen molar-refractivity contribution in [2.24, 2.45) is 0 Å². The quantitative estimate of drug-likeness (QED) is 0.380. The number of methoxy groups -OCH3 is 2. The first-order chi connectivity index (χ1) is 17.0. The van der Waals surface area contributed by atoms with Crippen LogP contribution in [0.2, 0.25) is 0 Å². The number of carbonyl (C=O) groups is 1. The number of fused-ring (bicyclic) bond motifs is 1. The van der Waals surface area contributed by atoms with Crippen molar-refractivity contribution in [3.63, 3.8) is 0 Å². The number of carbonyl (C=O) groups excluding carboxylic acids is 1. The lowest BCUT2D eigenvalue weighted by Crippen LogP contribution is -2.34. The standard InChI is InChI=1S/C27H25NO7/c1-32-23-11-8-18(12-25(23)33-2)21-15-35-24-13-19(9-10-20(24)27(21)31)34-16-26(30)28-22(14-29)17-6-4-3-5-7-17/h3-13,15,22,29H,14,16H2,1-2H3,(H,28,30)/t22-/m1/s1. The Morgan fingerprint density at radius 2 is 1.77 bits per heavy atom. The van der Waals surface area contributed by atoms with E-state index < -0.39 is 11.9 Å². The summed E-state index contributed by atoms with van der Waals surface area (Å²) in [5.74, 6) is 1.04. The number of nitrogens with one attached hydrogen (secondary N) is 1. The first-order valence-corrected chi connectivity index (χ1v) is 10.9. The summed E-state index contributed by atoms with van der Waals surface area (Å²) in [5, 5.41) is 12.7. The van der Waals surface area contributed by atoms with Gasteiger partial charge in [0.25, 0.3) is 5.91 Å². The lowest BCUT2D eigenvalue weighted by molar-refractivity contribution is -0.124. The van der Waals surface area contributed by atoms with E-state index in [1.807, 2.05) is 30.3 Å². The van der Waals surface area contributed by atoms with Gasteiger partial charge in [0, 0.05) is 6.07 Å². The van der Waals surface area contributed by atoms with Gasteiger partial charge in [0.15, 0.2) is 23.5 Å². The fraction of sp³-hybridized carbons (Fsp3) is 0.185. The second kappa shape index (κ2) is 10.8. The molecule has 0 saturated heterocycles. The third kappa shape index (κ3) is 5.28. The zero-order chi connectivity index (χ0) is 24.8. The highest BCUT2D eigenvalue weighted by molar-refractivity contribution is 5.83. The SMILES string of the molecule is COc1ccc(-c2coc3cc(OCC(=O)N[C@H](CO)c4ccccc4)ccc3c2=O)cc1OC. The van der Waals surface area contributed by atoms with Gasteiger partial charge in [-0.1, -0.05) is 36.4 Å². The van der Waals surface area contributed by atoms with Gasteiger partial charge in [-0.2, -0.15) is 0 Å². The Bertz CT molecular complexity index is 1380. The van der Waals surface area contributed by atoms with Crippen molar-refractivity contribution in [3.05, 3.63) is 88.8 Å². The van der Waals surface area contributed by atoms with E-state index in [1.165, 1.54) is 13.4 Å². The van der Waals surface area contributed by atoms with Gasteiger partial charge in [-0.05, 0) is 35.4 Å². The fourth-order valence-corrected chi connectivity index (χ4v) is 3.71. The molecule has 0 bridgehead atoms. The molecule has 4 aromatic rings. The number of aliphatic hydroxyl groups is 1. The predicted molar refractivity (Wildman–Crippen MR) is 131 cm³/mol. The highest BCUT2D eigenvalue weighted by Crippen LogP contribution is 2.32. The molecule has 0 radical (unpaired) electrons. The highest BCUT2D eigenvalue weighted by Gasteiger charge is 2.15. The number of hydrogen-bond acceptors (Lipinski definition) is 7. The minimum absolute atomic E-state index is 0.212. The summed E-state index contributed by atoms with van der Waals surface area (Å²) < 4.78 is 21.9. The Balaban J connectivity index is 1.49. The highest BCUT2D eigenvalue weighted by atomic mass is 16.5. The van der Waals surface area contributed by atoms with Gasteiger partial charge in [0.1, 0.15) is 17.6 Å². The normalized spacial score (nSPS) is 11.6. The van der Waals surface area contributed by atoms with Crippen molar-refractivity contribution in [1.82, 2.24) is 5.32 Å². The Hall–Kier alpha value is -4.30. The van der Waals surface area contributed by atoms with Crippen molar-refractivity contribution in [1.29, 1.82) is 0 Å². The van der Waals surface area contributed by atoms with Gasteiger partial charge >= 0.3 is 0 Å². The van der Waals surface area contributed by atoms with Crippen molar-refractivity contribution in [2.75, 3.05) is 27.4 Å². The predicted octanol–water partition coefficient (Wildman–Crippen LogP) is 3.71. The van der Waals surface area contributed by atoms with Crippen LogP contribution in [0.1, 0.15) is 11.6 Å². The minimum atomic E-state index is -0.531. The molecule has 1 atom stereocenters. The summed E-state index contributed by atoms with van der Waals surface area (Å²) >= 11 is 0. The molecule has 8 heteroatoms. The molecule has 0 aliphatic rings. The molecule has 1 heterocycles. The molecule has 180 valence electrons. The van der Waals surface area contributed by atoms with Crippen molar-refractivity contribution in [3.8, 4) is 28.4 Å². The van der Waals surface area contributed by atoms with Crippen molar-refractivity contribution < 1.29 is 28.5 Å². The Morgan fingerprint density at radius 1 is 1.00 bits per heavy atom. The molecule has 0 aliphatic carbocycles. The zero-order valence-electron chi connectivity index (χ0n) is 19.3. The van der Waals surface area contributed by atoms with Crippen LogP contribution in [0.5, 0.6) is 17.2 Å². The monoisotopic (exact) mass is 475 g/mol. The van der Waals surface area contributed by atoms with Gasteiger partial charge in [-0.25, -0.2) is 0 Å². The Morgan fingerprint density at radius 3 is 2.49 bits per heavy atom. The van der Waals surface area contributed by atoms with Gasteiger partial charge in [-0.15, -0.1) is 0 Å². The molecular formula is C27H25NO7.